The van der Waals surface area contributed by atoms with Gasteiger partial charge in [0.2, 0.25) is 11.8 Å². The quantitative estimate of drug-likeness (QED) is 0.499. The Hall–Kier alpha value is -2.16. The lowest BCUT2D eigenvalue weighted by Crippen LogP contribution is -2.54. The van der Waals surface area contributed by atoms with Gasteiger partial charge in [-0.25, -0.2) is 0 Å². The highest BCUT2D eigenvalue weighted by Crippen LogP contribution is 2.10. The van der Waals surface area contributed by atoms with Crippen molar-refractivity contribution in [3.8, 4) is 0 Å². The minimum absolute atomic E-state index is 0.0874. The van der Waals surface area contributed by atoms with Crippen molar-refractivity contribution < 1.29 is 9.32 Å². The zero-order valence-electron chi connectivity index (χ0n) is 17.9. The molecule has 0 radical (unpaired) electrons. The Kier molecular flexibility index (Phi) is 8.69. The second-order valence-corrected chi connectivity index (χ2v) is 7.67. The summed E-state index contributed by atoms with van der Waals surface area (Å²) in [6.45, 7) is 15.4. The number of rotatable bonds is 8. The number of aliphatic imine (C=N–C) groups is 1. The molecule has 1 saturated heterocycles. The van der Waals surface area contributed by atoms with Crippen molar-refractivity contribution in [1.29, 1.82) is 0 Å². The summed E-state index contributed by atoms with van der Waals surface area (Å²) in [6, 6.07) is 0.178. The predicted octanol–water partition coefficient (Wildman–Crippen LogP) is 0.843. The van der Waals surface area contributed by atoms with Gasteiger partial charge in [0.05, 0.1) is 13.1 Å². The lowest BCUT2D eigenvalue weighted by atomic mass is 10.2. The molecule has 0 saturated carbocycles. The monoisotopic (exact) mass is 393 g/mol. The molecule has 2 heterocycles. The first-order chi connectivity index (χ1) is 13.4. The van der Waals surface area contributed by atoms with Crippen LogP contribution in [-0.2, 0) is 11.2 Å². The van der Waals surface area contributed by atoms with Gasteiger partial charge >= 0.3 is 0 Å². The first-order valence-electron chi connectivity index (χ1n) is 10.3. The number of carbonyl (C=O) groups is 1. The number of aromatic nitrogens is 2. The molecule has 28 heavy (non-hydrogen) atoms. The van der Waals surface area contributed by atoms with Gasteiger partial charge in [-0.05, 0) is 20.8 Å². The van der Waals surface area contributed by atoms with E-state index in [4.69, 9.17) is 9.52 Å². The Bertz CT molecular complexity index is 634. The number of hydrogen-bond donors (Lipinski definition) is 2. The van der Waals surface area contributed by atoms with E-state index in [1.807, 2.05) is 27.7 Å². The van der Waals surface area contributed by atoms with Crippen LogP contribution < -0.4 is 10.6 Å². The van der Waals surface area contributed by atoms with Crippen LogP contribution in [0.25, 0.3) is 0 Å². The second kappa shape index (κ2) is 11.0. The maximum absolute atomic E-state index is 11.9. The van der Waals surface area contributed by atoms with E-state index in [-0.39, 0.29) is 17.9 Å². The Labute approximate surface area is 167 Å². The van der Waals surface area contributed by atoms with Crippen molar-refractivity contribution in [3.63, 3.8) is 0 Å². The van der Waals surface area contributed by atoms with Crippen LogP contribution in [0.1, 0.15) is 52.3 Å². The summed E-state index contributed by atoms with van der Waals surface area (Å²) < 4.78 is 5.28. The Balaban J connectivity index is 1.82. The van der Waals surface area contributed by atoms with Gasteiger partial charge in [0.15, 0.2) is 11.8 Å². The molecule has 1 aliphatic rings. The molecule has 1 aliphatic heterocycles. The molecule has 0 spiro atoms. The highest BCUT2D eigenvalue weighted by molar-refractivity contribution is 5.80. The van der Waals surface area contributed by atoms with Gasteiger partial charge in [-0.3, -0.25) is 14.7 Å². The molecule has 1 amide bonds. The van der Waals surface area contributed by atoms with Gasteiger partial charge in [0.1, 0.15) is 0 Å². The normalized spacial score (nSPS) is 16.1. The highest BCUT2D eigenvalue weighted by atomic mass is 16.5. The third-order valence-corrected chi connectivity index (χ3v) is 4.41. The lowest BCUT2D eigenvalue weighted by molar-refractivity contribution is -0.123. The van der Waals surface area contributed by atoms with Crippen LogP contribution in [0.2, 0.25) is 0 Å². The lowest BCUT2D eigenvalue weighted by Gasteiger charge is -2.36. The Morgan fingerprint density at radius 3 is 2.50 bits per heavy atom. The predicted molar refractivity (Wildman–Crippen MR) is 109 cm³/mol. The molecule has 1 aromatic rings. The minimum Gasteiger partial charge on any atom is -0.357 e. The van der Waals surface area contributed by atoms with Crippen LogP contribution in [0.3, 0.4) is 0 Å². The minimum atomic E-state index is 0.0874. The van der Waals surface area contributed by atoms with Crippen LogP contribution in [0.4, 0.5) is 0 Å². The molecule has 9 heteroatoms. The topological polar surface area (TPSA) is 98.9 Å². The molecule has 1 fully saturated rings. The molecule has 0 aliphatic carbocycles. The third kappa shape index (κ3) is 7.10. The summed E-state index contributed by atoms with van der Waals surface area (Å²) in [5, 5.41) is 10.3. The molecule has 0 aromatic carbocycles. The maximum atomic E-state index is 11.9. The van der Waals surface area contributed by atoms with E-state index < -0.39 is 0 Å². The zero-order valence-corrected chi connectivity index (χ0v) is 17.9. The van der Waals surface area contributed by atoms with E-state index >= 15 is 0 Å². The highest BCUT2D eigenvalue weighted by Gasteiger charge is 2.21. The molecule has 1 aromatic heterocycles. The maximum Gasteiger partial charge on any atom is 0.234 e. The van der Waals surface area contributed by atoms with Crippen LogP contribution in [0.5, 0.6) is 0 Å². The largest absolute Gasteiger partial charge is 0.357 e. The first-order valence-corrected chi connectivity index (χ1v) is 10.3. The van der Waals surface area contributed by atoms with Crippen molar-refractivity contribution in [2.75, 3.05) is 45.8 Å². The number of amides is 1. The van der Waals surface area contributed by atoms with Crippen molar-refractivity contribution >= 4 is 11.9 Å². The van der Waals surface area contributed by atoms with Crippen LogP contribution in [0.15, 0.2) is 9.52 Å². The molecule has 0 bridgehead atoms. The molecular weight excluding hydrogens is 358 g/mol. The Morgan fingerprint density at radius 1 is 1.21 bits per heavy atom. The van der Waals surface area contributed by atoms with Crippen LogP contribution in [-0.4, -0.2) is 83.7 Å². The van der Waals surface area contributed by atoms with E-state index in [1.165, 1.54) is 0 Å². The smallest absolute Gasteiger partial charge is 0.234 e. The molecule has 158 valence electrons. The van der Waals surface area contributed by atoms with Crippen molar-refractivity contribution in [2.45, 2.75) is 53.0 Å². The average Bonchev–Trinajstić information content (AvgIpc) is 3.10. The standard InChI is InChI=1S/C19H35N7O2/c1-6-20-19(21-8-7-17-23-18(14(2)3)24-28-17)26-11-9-25(10-12-26)13-16(27)22-15(4)5/h14-15H,6-13H2,1-5H3,(H,20,21)(H,22,27). The van der Waals surface area contributed by atoms with Crippen LogP contribution >= 0.6 is 0 Å². The second-order valence-electron chi connectivity index (χ2n) is 7.67. The van der Waals surface area contributed by atoms with E-state index in [2.05, 4.69) is 37.5 Å². The first kappa shape index (κ1) is 22.1. The van der Waals surface area contributed by atoms with Gasteiger partial charge < -0.3 is 20.1 Å². The molecule has 0 unspecified atom stereocenters. The zero-order chi connectivity index (χ0) is 20.5. The summed E-state index contributed by atoms with van der Waals surface area (Å²) in [4.78, 5) is 25.5. The molecule has 2 N–H and O–H groups in total. The van der Waals surface area contributed by atoms with Gasteiger partial charge in [-0.2, -0.15) is 4.98 Å². The number of guanidine groups is 1. The van der Waals surface area contributed by atoms with Gasteiger partial charge in [-0.15, -0.1) is 0 Å². The number of nitrogens with zero attached hydrogens (tertiary/aromatic N) is 5. The van der Waals surface area contributed by atoms with Crippen LogP contribution in [0, 0.1) is 0 Å². The summed E-state index contributed by atoms with van der Waals surface area (Å²) >= 11 is 0. The number of carbonyl (C=O) groups excluding carboxylic acids is 1. The van der Waals surface area contributed by atoms with Crippen molar-refractivity contribution in [3.05, 3.63) is 11.7 Å². The van der Waals surface area contributed by atoms with E-state index in [1.54, 1.807) is 0 Å². The van der Waals surface area contributed by atoms with Crippen molar-refractivity contribution in [2.24, 2.45) is 4.99 Å². The molecule has 9 nitrogen and oxygen atoms in total. The summed E-state index contributed by atoms with van der Waals surface area (Å²) in [5.74, 6) is 2.62. The SMILES string of the molecule is CCNC(=NCCc1nc(C(C)C)no1)N1CCN(CC(=O)NC(C)C)CC1. The number of nitrogens with one attached hydrogen (secondary N) is 2. The van der Waals surface area contributed by atoms with Gasteiger partial charge in [-0.1, -0.05) is 19.0 Å². The summed E-state index contributed by atoms with van der Waals surface area (Å²) in [7, 11) is 0. The summed E-state index contributed by atoms with van der Waals surface area (Å²) in [5.41, 5.74) is 0. The fourth-order valence-electron chi connectivity index (χ4n) is 2.98. The number of hydrogen-bond acceptors (Lipinski definition) is 6. The summed E-state index contributed by atoms with van der Waals surface area (Å²) in [6.07, 6.45) is 0.629. The average molecular weight is 394 g/mol. The Morgan fingerprint density at radius 2 is 1.93 bits per heavy atom. The molecule has 2 rings (SSSR count). The van der Waals surface area contributed by atoms with E-state index in [0.717, 1.165) is 44.5 Å². The number of piperazine rings is 1. The van der Waals surface area contributed by atoms with Gasteiger partial charge in [0, 0.05) is 51.1 Å². The fraction of sp³-hybridized carbons (Fsp3) is 0.789. The van der Waals surface area contributed by atoms with Crippen molar-refractivity contribution in [1.82, 2.24) is 30.6 Å². The van der Waals surface area contributed by atoms with E-state index in [9.17, 15) is 4.79 Å². The molecular formula is C19H35N7O2. The molecule has 0 atom stereocenters. The van der Waals surface area contributed by atoms with Gasteiger partial charge in [0.25, 0.3) is 0 Å². The fourth-order valence-corrected chi connectivity index (χ4v) is 2.98. The third-order valence-electron chi connectivity index (χ3n) is 4.41. The van der Waals surface area contributed by atoms with E-state index in [0.29, 0.717) is 25.4 Å².